The van der Waals surface area contributed by atoms with Gasteiger partial charge in [-0.15, -0.1) is 0 Å². The molecule has 0 bridgehead atoms. The third-order valence-corrected chi connectivity index (χ3v) is 3.65. The van der Waals surface area contributed by atoms with E-state index in [-0.39, 0.29) is 5.91 Å². The zero-order chi connectivity index (χ0) is 15.4. The van der Waals surface area contributed by atoms with Crippen LogP contribution in [0.3, 0.4) is 0 Å². The average molecular weight is 297 g/mol. The Balaban J connectivity index is 1.77. The number of fused-ring (bicyclic) bond motifs is 1. The molecule has 1 amide bonds. The summed E-state index contributed by atoms with van der Waals surface area (Å²) >= 11 is 0. The molecule has 2 aromatic rings. The number of benzene rings is 2. The predicted molar refractivity (Wildman–Crippen MR) is 84.3 cm³/mol. The van der Waals surface area contributed by atoms with Crippen LogP contribution in [0, 0.1) is 0 Å². The number of amides is 1. The van der Waals surface area contributed by atoms with E-state index in [1.54, 1.807) is 0 Å². The maximum atomic E-state index is 12.7. The third kappa shape index (κ3) is 3.06. The van der Waals surface area contributed by atoms with Gasteiger partial charge < -0.3 is 14.4 Å². The van der Waals surface area contributed by atoms with Crippen molar-refractivity contribution >= 4 is 5.91 Å². The summed E-state index contributed by atoms with van der Waals surface area (Å²) in [5, 5.41) is 0. The molecule has 0 aliphatic carbocycles. The Morgan fingerprint density at radius 1 is 1.18 bits per heavy atom. The standard InChI is InChI=1S/C18H19NO3/c1-2-21-16-9-7-14(8-10-16)18(20)19-11-12-22-17-6-4-3-5-15(17)13-19/h3-10H,2,11-13H2,1H3. The van der Waals surface area contributed by atoms with E-state index >= 15 is 0 Å². The second-order valence-corrected chi connectivity index (χ2v) is 5.14. The number of hydrogen-bond acceptors (Lipinski definition) is 3. The lowest BCUT2D eigenvalue weighted by Gasteiger charge is -2.20. The molecule has 0 spiro atoms. The van der Waals surface area contributed by atoms with Crippen LogP contribution in [0.5, 0.6) is 11.5 Å². The van der Waals surface area contributed by atoms with Crippen LogP contribution < -0.4 is 9.47 Å². The lowest BCUT2D eigenvalue weighted by atomic mass is 10.1. The van der Waals surface area contributed by atoms with Gasteiger partial charge >= 0.3 is 0 Å². The first-order valence-electron chi connectivity index (χ1n) is 7.51. The number of carbonyl (C=O) groups is 1. The molecule has 0 N–H and O–H groups in total. The second kappa shape index (κ2) is 6.52. The van der Waals surface area contributed by atoms with Gasteiger partial charge in [0, 0.05) is 17.7 Å². The maximum absolute atomic E-state index is 12.7. The molecule has 114 valence electrons. The molecule has 22 heavy (non-hydrogen) atoms. The van der Waals surface area contributed by atoms with E-state index in [0.717, 1.165) is 17.1 Å². The predicted octanol–water partition coefficient (Wildman–Crippen LogP) is 3.12. The number of rotatable bonds is 3. The Morgan fingerprint density at radius 3 is 2.73 bits per heavy atom. The van der Waals surface area contributed by atoms with Gasteiger partial charge in [-0.05, 0) is 37.3 Å². The summed E-state index contributed by atoms with van der Waals surface area (Å²) in [4.78, 5) is 14.5. The van der Waals surface area contributed by atoms with Crippen molar-refractivity contribution in [3.8, 4) is 11.5 Å². The molecule has 0 aromatic heterocycles. The quantitative estimate of drug-likeness (QED) is 0.873. The summed E-state index contributed by atoms with van der Waals surface area (Å²) in [5.74, 6) is 1.66. The van der Waals surface area contributed by atoms with Gasteiger partial charge in [-0.25, -0.2) is 0 Å². The van der Waals surface area contributed by atoms with Gasteiger partial charge in [0.05, 0.1) is 13.2 Å². The van der Waals surface area contributed by atoms with Gasteiger partial charge in [0.15, 0.2) is 0 Å². The van der Waals surface area contributed by atoms with E-state index in [4.69, 9.17) is 9.47 Å². The molecule has 0 saturated heterocycles. The lowest BCUT2D eigenvalue weighted by molar-refractivity contribution is 0.0733. The van der Waals surface area contributed by atoms with E-state index in [1.165, 1.54) is 0 Å². The van der Waals surface area contributed by atoms with Crippen molar-refractivity contribution in [3.05, 3.63) is 59.7 Å². The highest BCUT2D eigenvalue weighted by Gasteiger charge is 2.20. The van der Waals surface area contributed by atoms with Crippen molar-refractivity contribution < 1.29 is 14.3 Å². The maximum Gasteiger partial charge on any atom is 0.254 e. The molecule has 1 aliphatic heterocycles. The van der Waals surface area contributed by atoms with Crippen LogP contribution >= 0.6 is 0 Å². The Morgan fingerprint density at radius 2 is 1.95 bits per heavy atom. The highest BCUT2D eigenvalue weighted by Crippen LogP contribution is 2.23. The number of nitrogens with zero attached hydrogens (tertiary/aromatic N) is 1. The van der Waals surface area contributed by atoms with Gasteiger partial charge in [0.1, 0.15) is 18.1 Å². The average Bonchev–Trinajstić information content (AvgIpc) is 2.77. The summed E-state index contributed by atoms with van der Waals surface area (Å²) in [6.07, 6.45) is 0. The van der Waals surface area contributed by atoms with Crippen LogP contribution in [-0.2, 0) is 6.54 Å². The van der Waals surface area contributed by atoms with E-state index < -0.39 is 0 Å². The largest absolute Gasteiger partial charge is 0.494 e. The normalized spacial score (nSPS) is 13.8. The van der Waals surface area contributed by atoms with Gasteiger partial charge in [0.2, 0.25) is 0 Å². The van der Waals surface area contributed by atoms with E-state index in [0.29, 0.717) is 31.9 Å². The van der Waals surface area contributed by atoms with Gasteiger partial charge in [0.25, 0.3) is 5.91 Å². The van der Waals surface area contributed by atoms with Crippen LogP contribution in [0.25, 0.3) is 0 Å². The molecule has 4 heteroatoms. The summed E-state index contributed by atoms with van der Waals surface area (Å²) in [6.45, 7) is 4.23. The SMILES string of the molecule is CCOc1ccc(C(=O)N2CCOc3ccccc3C2)cc1. The molecule has 0 fully saturated rings. The summed E-state index contributed by atoms with van der Waals surface area (Å²) in [7, 11) is 0. The fourth-order valence-corrected chi connectivity index (χ4v) is 2.54. The zero-order valence-electron chi connectivity index (χ0n) is 12.6. The first-order chi connectivity index (χ1) is 10.8. The number of hydrogen-bond donors (Lipinski definition) is 0. The Kier molecular flexibility index (Phi) is 4.28. The van der Waals surface area contributed by atoms with Crippen molar-refractivity contribution in [3.63, 3.8) is 0 Å². The molecule has 0 radical (unpaired) electrons. The van der Waals surface area contributed by atoms with Crippen LogP contribution in [-0.4, -0.2) is 30.6 Å². The topological polar surface area (TPSA) is 38.8 Å². The molecule has 3 rings (SSSR count). The zero-order valence-corrected chi connectivity index (χ0v) is 12.6. The molecular weight excluding hydrogens is 278 g/mol. The molecule has 4 nitrogen and oxygen atoms in total. The summed E-state index contributed by atoms with van der Waals surface area (Å²) < 4.78 is 11.1. The van der Waals surface area contributed by atoms with Crippen LogP contribution in [0.2, 0.25) is 0 Å². The smallest absolute Gasteiger partial charge is 0.254 e. The summed E-state index contributed by atoms with van der Waals surface area (Å²) in [6, 6.07) is 15.1. The van der Waals surface area contributed by atoms with E-state index in [1.807, 2.05) is 60.4 Å². The third-order valence-electron chi connectivity index (χ3n) is 3.65. The van der Waals surface area contributed by atoms with Crippen molar-refractivity contribution in [2.45, 2.75) is 13.5 Å². The fraction of sp³-hybridized carbons (Fsp3) is 0.278. The minimum absolute atomic E-state index is 0.0170. The summed E-state index contributed by atoms with van der Waals surface area (Å²) in [5.41, 5.74) is 1.71. The number of ether oxygens (including phenoxy) is 2. The first-order valence-corrected chi connectivity index (χ1v) is 7.51. The first kappa shape index (κ1) is 14.4. The lowest BCUT2D eigenvalue weighted by Crippen LogP contribution is -2.32. The second-order valence-electron chi connectivity index (χ2n) is 5.14. The molecule has 0 atom stereocenters. The van der Waals surface area contributed by atoms with Crippen molar-refractivity contribution in [2.75, 3.05) is 19.8 Å². The highest BCUT2D eigenvalue weighted by molar-refractivity contribution is 5.94. The highest BCUT2D eigenvalue weighted by atomic mass is 16.5. The van der Waals surface area contributed by atoms with Crippen molar-refractivity contribution in [1.82, 2.24) is 4.90 Å². The molecule has 0 saturated carbocycles. The molecule has 0 unspecified atom stereocenters. The van der Waals surface area contributed by atoms with Gasteiger partial charge in [-0.1, -0.05) is 18.2 Å². The van der Waals surface area contributed by atoms with Crippen molar-refractivity contribution in [1.29, 1.82) is 0 Å². The van der Waals surface area contributed by atoms with Gasteiger partial charge in [-0.2, -0.15) is 0 Å². The van der Waals surface area contributed by atoms with Crippen molar-refractivity contribution in [2.24, 2.45) is 0 Å². The van der Waals surface area contributed by atoms with E-state index in [2.05, 4.69) is 0 Å². The fourth-order valence-electron chi connectivity index (χ4n) is 2.54. The monoisotopic (exact) mass is 297 g/mol. The van der Waals surface area contributed by atoms with Crippen LogP contribution in [0.4, 0.5) is 0 Å². The Bertz CT molecular complexity index is 652. The number of para-hydroxylation sites is 1. The van der Waals surface area contributed by atoms with E-state index in [9.17, 15) is 4.79 Å². The minimum Gasteiger partial charge on any atom is -0.494 e. The molecule has 1 heterocycles. The molecule has 1 aliphatic rings. The number of carbonyl (C=O) groups excluding carboxylic acids is 1. The Labute approximate surface area is 130 Å². The molecule has 2 aromatic carbocycles. The minimum atomic E-state index is 0.0170. The van der Waals surface area contributed by atoms with Gasteiger partial charge in [-0.3, -0.25) is 4.79 Å². The van der Waals surface area contributed by atoms with Crippen LogP contribution in [0.1, 0.15) is 22.8 Å². The molecular formula is C18H19NO3. The van der Waals surface area contributed by atoms with Crippen LogP contribution in [0.15, 0.2) is 48.5 Å². The Hall–Kier alpha value is -2.49.